The fraction of sp³-hybridized carbons (Fsp3) is 0.500. The Bertz CT molecular complexity index is 764. The Labute approximate surface area is 188 Å². The molecule has 1 N–H and O–H groups in total. The average Bonchev–Trinajstić information content (AvgIpc) is 3.21. The molecule has 160 valence electrons. The average molecular weight is 517 g/mol. The summed E-state index contributed by atoms with van der Waals surface area (Å²) in [5, 5.41) is 7.32. The van der Waals surface area contributed by atoms with Crippen LogP contribution in [0, 0.1) is 5.82 Å². The molecule has 0 aliphatic carbocycles. The van der Waals surface area contributed by atoms with Crippen LogP contribution in [-0.4, -0.2) is 60.2 Å². The second-order valence-corrected chi connectivity index (χ2v) is 6.62. The van der Waals surface area contributed by atoms with Gasteiger partial charge in [-0.15, -0.1) is 24.0 Å². The zero-order valence-electron chi connectivity index (χ0n) is 16.9. The summed E-state index contributed by atoms with van der Waals surface area (Å²) in [5.74, 6) is 0.796. The zero-order chi connectivity index (χ0) is 19.8. The lowest BCUT2D eigenvalue weighted by Gasteiger charge is -2.36. The highest BCUT2D eigenvalue weighted by molar-refractivity contribution is 14.0. The maximum absolute atomic E-state index is 14.0. The van der Waals surface area contributed by atoms with E-state index >= 15 is 0 Å². The minimum atomic E-state index is -0.346. The lowest BCUT2D eigenvalue weighted by atomic mass is 10.2. The fourth-order valence-corrected chi connectivity index (χ4v) is 3.17. The molecule has 29 heavy (non-hydrogen) atoms. The number of piperazine rings is 1. The molecular formula is C20H29FIN5O2. The van der Waals surface area contributed by atoms with E-state index in [4.69, 9.17) is 14.3 Å². The number of aliphatic imine (C=N–C) groups is 1. The summed E-state index contributed by atoms with van der Waals surface area (Å²) in [7, 11) is 0. The van der Waals surface area contributed by atoms with Crippen molar-refractivity contribution in [3.8, 4) is 5.75 Å². The molecule has 0 bridgehead atoms. The highest BCUT2D eigenvalue weighted by atomic mass is 127. The molecule has 2 aromatic rings. The first-order valence-electron chi connectivity index (χ1n) is 9.75. The normalized spacial score (nSPS) is 15.1. The molecule has 0 spiro atoms. The molecule has 9 heteroatoms. The molecule has 1 aliphatic heterocycles. The van der Waals surface area contributed by atoms with Gasteiger partial charge in [-0.3, -0.25) is 4.90 Å². The first-order valence-corrected chi connectivity index (χ1v) is 9.75. The highest BCUT2D eigenvalue weighted by Gasteiger charge is 2.20. The van der Waals surface area contributed by atoms with Crippen LogP contribution in [0.25, 0.3) is 0 Å². The van der Waals surface area contributed by atoms with Crippen molar-refractivity contribution in [2.24, 2.45) is 4.99 Å². The van der Waals surface area contributed by atoms with Crippen molar-refractivity contribution < 1.29 is 13.7 Å². The minimum Gasteiger partial charge on any atom is -0.491 e. The molecule has 1 aromatic carbocycles. The third-order valence-corrected chi connectivity index (χ3v) is 4.59. The van der Waals surface area contributed by atoms with Gasteiger partial charge in [0.05, 0.1) is 18.8 Å². The summed E-state index contributed by atoms with van der Waals surface area (Å²) in [5.41, 5.74) is 1.77. The molecule has 1 aromatic heterocycles. The predicted molar refractivity (Wildman–Crippen MR) is 121 cm³/mol. The van der Waals surface area contributed by atoms with E-state index in [1.54, 1.807) is 12.3 Å². The standard InChI is InChI=1S/C20H28FN5O2.HI/c1-3-22-20(23-14-16-5-6-19(27-4-2)18(21)13-16)26-10-8-25(9-11-26)15-17-7-12-28-24-17;/h5-7,12-13H,3-4,8-11,14-15H2,1-2H3,(H,22,23);1H. The Kier molecular flexibility index (Phi) is 9.65. The lowest BCUT2D eigenvalue weighted by molar-refractivity contribution is 0.169. The molecular weight excluding hydrogens is 488 g/mol. The number of hydrogen-bond acceptors (Lipinski definition) is 5. The van der Waals surface area contributed by atoms with Crippen molar-refractivity contribution in [2.45, 2.75) is 26.9 Å². The maximum Gasteiger partial charge on any atom is 0.194 e. The first kappa shape index (κ1) is 23.4. The molecule has 3 rings (SSSR count). The molecule has 1 aliphatic rings. The van der Waals surface area contributed by atoms with Crippen LogP contribution in [-0.2, 0) is 13.1 Å². The fourth-order valence-electron chi connectivity index (χ4n) is 3.17. The van der Waals surface area contributed by atoms with Crippen LogP contribution in [0.1, 0.15) is 25.1 Å². The van der Waals surface area contributed by atoms with E-state index in [-0.39, 0.29) is 35.5 Å². The van der Waals surface area contributed by atoms with Gasteiger partial charge >= 0.3 is 0 Å². The van der Waals surface area contributed by atoms with Gasteiger partial charge in [0.25, 0.3) is 0 Å². The van der Waals surface area contributed by atoms with Gasteiger partial charge < -0.3 is 19.5 Å². The highest BCUT2D eigenvalue weighted by Crippen LogP contribution is 2.19. The van der Waals surface area contributed by atoms with Gasteiger partial charge in [-0.1, -0.05) is 11.2 Å². The van der Waals surface area contributed by atoms with Crippen LogP contribution in [0.5, 0.6) is 5.75 Å². The largest absolute Gasteiger partial charge is 0.491 e. The number of aromatic nitrogens is 1. The molecule has 0 radical (unpaired) electrons. The summed E-state index contributed by atoms with van der Waals surface area (Å²) in [6, 6.07) is 6.91. The molecule has 0 unspecified atom stereocenters. The Morgan fingerprint density at radius 3 is 2.66 bits per heavy atom. The number of nitrogens with one attached hydrogen (secondary N) is 1. The Hall–Kier alpha value is -1.88. The lowest BCUT2D eigenvalue weighted by Crippen LogP contribution is -2.52. The maximum atomic E-state index is 14.0. The van der Waals surface area contributed by atoms with Crippen molar-refractivity contribution in [1.82, 2.24) is 20.3 Å². The molecule has 2 heterocycles. The smallest absolute Gasteiger partial charge is 0.194 e. The van der Waals surface area contributed by atoms with Gasteiger partial charge in [-0.05, 0) is 31.5 Å². The van der Waals surface area contributed by atoms with Crippen LogP contribution < -0.4 is 10.1 Å². The number of hydrogen-bond donors (Lipinski definition) is 1. The minimum absolute atomic E-state index is 0. The van der Waals surface area contributed by atoms with E-state index in [1.165, 1.54) is 6.07 Å². The molecule has 1 fully saturated rings. The number of guanidine groups is 1. The monoisotopic (exact) mass is 517 g/mol. The number of rotatable bonds is 7. The van der Waals surface area contributed by atoms with Gasteiger partial charge in [-0.2, -0.15) is 0 Å². The summed E-state index contributed by atoms with van der Waals surface area (Å²) < 4.78 is 24.2. The topological polar surface area (TPSA) is 66.1 Å². The van der Waals surface area contributed by atoms with Gasteiger partial charge in [0.2, 0.25) is 0 Å². The predicted octanol–water partition coefficient (Wildman–Crippen LogP) is 3.11. The summed E-state index contributed by atoms with van der Waals surface area (Å²) in [6.07, 6.45) is 1.60. The van der Waals surface area contributed by atoms with E-state index in [2.05, 4.69) is 20.3 Å². The Balaban J connectivity index is 0.00000300. The van der Waals surface area contributed by atoms with E-state index in [0.29, 0.717) is 13.2 Å². The van der Waals surface area contributed by atoms with Gasteiger partial charge in [0.1, 0.15) is 6.26 Å². The van der Waals surface area contributed by atoms with Crippen LogP contribution in [0.15, 0.2) is 40.0 Å². The van der Waals surface area contributed by atoms with E-state index in [1.807, 2.05) is 26.0 Å². The van der Waals surface area contributed by atoms with Gasteiger partial charge in [0, 0.05) is 45.3 Å². The van der Waals surface area contributed by atoms with Crippen LogP contribution in [0.3, 0.4) is 0 Å². The van der Waals surface area contributed by atoms with E-state index in [9.17, 15) is 4.39 Å². The van der Waals surface area contributed by atoms with E-state index < -0.39 is 0 Å². The molecule has 0 saturated carbocycles. The molecule has 0 atom stereocenters. The molecule has 1 saturated heterocycles. The first-order chi connectivity index (χ1) is 13.7. The number of ether oxygens (including phenoxy) is 1. The van der Waals surface area contributed by atoms with Crippen molar-refractivity contribution in [1.29, 1.82) is 0 Å². The Morgan fingerprint density at radius 2 is 2.03 bits per heavy atom. The third kappa shape index (κ3) is 6.84. The van der Waals surface area contributed by atoms with Crippen LogP contribution in [0.2, 0.25) is 0 Å². The van der Waals surface area contributed by atoms with Gasteiger partial charge in [-0.25, -0.2) is 9.38 Å². The molecule has 0 amide bonds. The quantitative estimate of drug-likeness (QED) is 0.346. The number of nitrogens with zero attached hydrogens (tertiary/aromatic N) is 4. The van der Waals surface area contributed by atoms with Crippen LogP contribution in [0.4, 0.5) is 4.39 Å². The Morgan fingerprint density at radius 1 is 1.24 bits per heavy atom. The van der Waals surface area contributed by atoms with Crippen molar-refractivity contribution in [3.63, 3.8) is 0 Å². The van der Waals surface area contributed by atoms with Crippen molar-refractivity contribution in [3.05, 3.63) is 47.6 Å². The second kappa shape index (κ2) is 12.0. The van der Waals surface area contributed by atoms with Gasteiger partial charge in [0.15, 0.2) is 17.5 Å². The summed E-state index contributed by atoms with van der Waals surface area (Å²) >= 11 is 0. The second-order valence-electron chi connectivity index (χ2n) is 6.62. The molecule has 7 nitrogen and oxygen atoms in total. The van der Waals surface area contributed by atoms with Crippen molar-refractivity contribution in [2.75, 3.05) is 39.3 Å². The summed E-state index contributed by atoms with van der Waals surface area (Å²) in [6.45, 7) is 9.94. The zero-order valence-corrected chi connectivity index (χ0v) is 19.3. The SMILES string of the molecule is CCNC(=NCc1ccc(OCC)c(F)c1)N1CCN(Cc2ccon2)CC1.I. The van der Waals surface area contributed by atoms with Crippen LogP contribution >= 0.6 is 24.0 Å². The van der Waals surface area contributed by atoms with Crippen molar-refractivity contribution >= 4 is 29.9 Å². The van der Waals surface area contributed by atoms with E-state index in [0.717, 1.165) is 56.5 Å². The third-order valence-electron chi connectivity index (χ3n) is 4.59. The number of benzene rings is 1. The summed E-state index contributed by atoms with van der Waals surface area (Å²) in [4.78, 5) is 9.29. The number of halogens is 2.